The van der Waals surface area contributed by atoms with E-state index in [-0.39, 0.29) is 0 Å². The van der Waals surface area contributed by atoms with E-state index in [0.717, 1.165) is 5.82 Å². The number of nitrogens with zero attached hydrogens (tertiary/aromatic N) is 2. The molecule has 2 rings (SSSR count). The summed E-state index contributed by atoms with van der Waals surface area (Å²) in [6.07, 6.45) is 20.7. The van der Waals surface area contributed by atoms with Gasteiger partial charge < -0.3 is 0 Å². The second-order valence-electron chi connectivity index (χ2n) is 6.78. The van der Waals surface area contributed by atoms with Gasteiger partial charge in [-0.1, -0.05) is 83.5 Å². The van der Waals surface area contributed by atoms with Gasteiger partial charge in [-0.05, 0) is 36.0 Å². The maximum absolute atomic E-state index is 5.98. The van der Waals surface area contributed by atoms with Crippen molar-refractivity contribution < 1.29 is 0 Å². The van der Waals surface area contributed by atoms with Gasteiger partial charge in [-0.2, -0.15) is 4.37 Å². The summed E-state index contributed by atoms with van der Waals surface area (Å²) < 4.78 is 5.07. The molecule has 1 aromatic rings. The summed E-state index contributed by atoms with van der Waals surface area (Å²) in [6, 6.07) is 0. The Bertz CT molecular complexity index is 378. The normalized spacial score (nSPS) is 21.7. The third kappa shape index (κ3) is 7.41. The highest BCUT2D eigenvalue weighted by atomic mass is 35.5. The molecular formula is C18H31ClN2S. The minimum absolute atomic E-state index is 0.539. The van der Waals surface area contributed by atoms with E-state index >= 15 is 0 Å². The molecule has 0 spiro atoms. The SMILES string of the molecule is Clc1nc(C2CCCCCCCCCCCCCCC2)ns1. The molecule has 2 nitrogen and oxygen atoms in total. The van der Waals surface area contributed by atoms with Crippen molar-refractivity contribution in [3.63, 3.8) is 0 Å². The minimum Gasteiger partial charge on any atom is -0.208 e. The van der Waals surface area contributed by atoms with Crippen LogP contribution in [0.5, 0.6) is 0 Å². The molecule has 1 saturated carbocycles. The molecule has 0 aromatic carbocycles. The lowest BCUT2D eigenvalue weighted by Gasteiger charge is -2.14. The summed E-state index contributed by atoms with van der Waals surface area (Å²) in [4.78, 5) is 4.44. The van der Waals surface area contributed by atoms with Gasteiger partial charge in [0.1, 0.15) is 5.82 Å². The van der Waals surface area contributed by atoms with Crippen LogP contribution in [-0.2, 0) is 0 Å². The molecule has 0 atom stereocenters. The maximum Gasteiger partial charge on any atom is 0.203 e. The topological polar surface area (TPSA) is 25.8 Å². The van der Waals surface area contributed by atoms with Crippen LogP contribution in [0.4, 0.5) is 0 Å². The standard InChI is InChI=1S/C18H31ClN2S/c19-18-20-17(21-22-18)16-14-12-10-8-6-4-2-1-3-5-7-9-11-13-15-16/h16H,1-15H2. The third-order valence-corrected chi connectivity index (χ3v) is 5.70. The van der Waals surface area contributed by atoms with Crippen molar-refractivity contribution >= 4 is 23.1 Å². The van der Waals surface area contributed by atoms with Crippen LogP contribution in [-0.4, -0.2) is 9.36 Å². The summed E-state index contributed by atoms with van der Waals surface area (Å²) >= 11 is 7.32. The van der Waals surface area contributed by atoms with Crippen molar-refractivity contribution in [1.29, 1.82) is 0 Å². The highest BCUT2D eigenvalue weighted by molar-refractivity contribution is 7.10. The Labute approximate surface area is 145 Å². The Balaban J connectivity index is 1.80. The predicted octanol–water partition coefficient (Wildman–Crippen LogP) is 7.14. The van der Waals surface area contributed by atoms with Crippen LogP contribution in [0.2, 0.25) is 4.47 Å². The largest absolute Gasteiger partial charge is 0.208 e. The minimum atomic E-state index is 0.539. The lowest BCUT2D eigenvalue weighted by atomic mass is 9.93. The van der Waals surface area contributed by atoms with Crippen molar-refractivity contribution in [2.24, 2.45) is 0 Å². The molecule has 4 heteroatoms. The zero-order valence-corrected chi connectivity index (χ0v) is 15.4. The molecule has 1 aromatic heterocycles. The average Bonchev–Trinajstić information content (AvgIpc) is 2.94. The lowest BCUT2D eigenvalue weighted by molar-refractivity contribution is 0.464. The zero-order chi connectivity index (χ0) is 15.5. The van der Waals surface area contributed by atoms with Gasteiger partial charge in [0.25, 0.3) is 0 Å². The predicted molar refractivity (Wildman–Crippen MR) is 96.9 cm³/mol. The number of hydrogen-bond donors (Lipinski definition) is 0. The Morgan fingerprint density at radius 3 is 1.45 bits per heavy atom. The van der Waals surface area contributed by atoms with Crippen LogP contribution >= 0.6 is 23.1 Å². The molecule has 0 bridgehead atoms. The fourth-order valence-electron chi connectivity index (χ4n) is 3.51. The van der Waals surface area contributed by atoms with Crippen molar-refractivity contribution in [3.8, 4) is 0 Å². The Morgan fingerprint density at radius 2 is 1.09 bits per heavy atom. The van der Waals surface area contributed by atoms with Crippen molar-refractivity contribution in [2.75, 3.05) is 0 Å². The molecule has 22 heavy (non-hydrogen) atoms. The molecule has 0 aliphatic heterocycles. The van der Waals surface area contributed by atoms with Crippen LogP contribution in [0.3, 0.4) is 0 Å². The van der Waals surface area contributed by atoms with Gasteiger partial charge in [0.2, 0.25) is 4.47 Å². The van der Waals surface area contributed by atoms with Gasteiger partial charge in [0.15, 0.2) is 0 Å². The van der Waals surface area contributed by atoms with E-state index in [1.807, 2.05) is 0 Å². The van der Waals surface area contributed by atoms with E-state index in [2.05, 4.69) is 9.36 Å². The van der Waals surface area contributed by atoms with E-state index in [0.29, 0.717) is 10.4 Å². The summed E-state index contributed by atoms with van der Waals surface area (Å²) in [7, 11) is 0. The third-order valence-electron chi connectivity index (χ3n) is 4.89. The highest BCUT2D eigenvalue weighted by Crippen LogP contribution is 2.29. The molecule has 1 aliphatic carbocycles. The number of aromatic nitrogens is 2. The first-order chi connectivity index (χ1) is 10.9. The van der Waals surface area contributed by atoms with Gasteiger partial charge >= 0.3 is 0 Å². The van der Waals surface area contributed by atoms with Crippen LogP contribution in [0, 0.1) is 0 Å². The van der Waals surface area contributed by atoms with E-state index < -0.39 is 0 Å². The monoisotopic (exact) mass is 342 g/mol. The first-order valence-corrected chi connectivity index (χ1v) is 10.5. The smallest absolute Gasteiger partial charge is 0.203 e. The lowest BCUT2D eigenvalue weighted by Crippen LogP contribution is -2.02. The number of rotatable bonds is 1. The van der Waals surface area contributed by atoms with Crippen molar-refractivity contribution in [2.45, 2.75) is 102 Å². The average molecular weight is 343 g/mol. The molecule has 0 saturated heterocycles. The summed E-state index contributed by atoms with van der Waals surface area (Å²) in [5, 5.41) is 0. The van der Waals surface area contributed by atoms with Crippen molar-refractivity contribution in [3.05, 3.63) is 10.3 Å². The van der Waals surface area contributed by atoms with E-state index in [1.54, 1.807) is 0 Å². The quantitative estimate of drug-likeness (QED) is 0.542. The van der Waals surface area contributed by atoms with E-state index in [4.69, 9.17) is 11.6 Å². The molecule has 0 N–H and O–H groups in total. The van der Waals surface area contributed by atoms with Gasteiger partial charge in [-0.3, -0.25) is 0 Å². The second kappa shape index (κ2) is 11.4. The van der Waals surface area contributed by atoms with Crippen LogP contribution in [0.25, 0.3) is 0 Å². The van der Waals surface area contributed by atoms with Crippen LogP contribution in [0.1, 0.15) is 108 Å². The fraction of sp³-hybridized carbons (Fsp3) is 0.889. The van der Waals surface area contributed by atoms with Gasteiger partial charge in [0.05, 0.1) is 0 Å². The Morgan fingerprint density at radius 1 is 0.682 bits per heavy atom. The van der Waals surface area contributed by atoms with Gasteiger partial charge in [-0.15, -0.1) is 0 Å². The maximum atomic E-state index is 5.98. The first-order valence-electron chi connectivity index (χ1n) is 9.35. The van der Waals surface area contributed by atoms with Crippen LogP contribution < -0.4 is 0 Å². The second-order valence-corrected chi connectivity index (χ2v) is 8.11. The first kappa shape index (κ1) is 18.2. The highest BCUT2D eigenvalue weighted by Gasteiger charge is 2.16. The molecule has 1 aliphatic rings. The fourth-order valence-corrected chi connectivity index (χ4v) is 4.19. The zero-order valence-electron chi connectivity index (χ0n) is 13.9. The summed E-state index contributed by atoms with van der Waals surface area (Å²) in [5.41, 5.74) is 0. The molecular weight excluding hydrogens is 312 g/mol. The van der Waals surface area contributed by atoms with Gasteiger partial charge in [-0.25, -0.2) is 4.98 Å². The molecule has 126 valence electrons. The Kier molecular flexibility index (Phi) is 9.42. The molecule has 1 fully saturated rings. The molecule has 0 unspecified atom stereocenters. The van der Waals surface area contributed by atoms with E-state index in [1.165, 1.54) is 108 Å². The van der Waals surface area contributed by atoms with Crippen LogP contribution in [0.15, 0.2) is 0 Å². The van der Waals surface area contributed by atoms with Gasteiger partial charge in [0, 0.05) is 5.92 Å². The number of hydrogen-bond acceptors (Lipinski definition) is 3. The van der Waals surface area contributed by atoms with E-state index in [9.17, 15) is 0 Å². The molecule has 0 amide bonds. The summed E-state index contributed by atoms with van der Waals surface area (Å²) in [6.45, 7) is 0. The number of halogens is 1. The molecule has 0 radical (unpaired) electrons. The van der Waals surface area contributed by atoms with Crippen molar-refractivity contribution in [1.82, 2.24) is 9.36 Å². The molecule has 1 heterocycles. The summed E-state index contributed by atoms with van der Waals surface area (Å²) in [5.74, 6) is 1.55. The Hall–Kier alpha value is -0.150.